The number of hydrogen-bond donors (Lipinski definition) is 2. The molecular weight excluding hydrogens is 330 g/mol. The minimum Gasteiger partial charge on any atom is -0.459 e. The number of carbonyl (C=O) groups excluding carboxylic acids is 1. The molecule has 24 heavy (non-hydrogen) atoms. The maximum Gasteiger partial charge on any atom is 0.358 e. The number of carbonyl (C=O) groups is 1. The third-order valence-corrected chi connectivity index (χ3v) is 3.65. The number of nitrogen functional groups attached to an aromatic ring is 1. The average Bonchev–Trinajstić information content (AvgIpc) is 3.14. The van der Waals surface area contributed by atoms with Crippen molar-refractivity contribution in [1.82, 2.24) is 20.0 Å². The second-order valence-corrected chi connectivity index (χ2v) is 5.69. The number of ether oxygens (including phenoxy) is 1. The summed E-state index contributed by atoms with van der Waals surface area (Å²) in [5, 5.41) is 11.6. The van der Waals surface area contributed by atoms with Gasteiger partial charge in [-0.1, -0.05) is 23.7 Å². The number of anilines is 1. The summed E-state index contributed by atoms with van der Waals surface area (Å²) in [4.78, 5) is 11.8. The zero-order valence-electron chi connectivity index (χ0n) is 13.0. The summed E-state index contributed by atoms with van der Waals surface area (Å²) in [6, 6.07) is 10.7. The molecule has 0 aliphatic heterocycles. The Balaban J connectivity index is 1.61. The molecule has 0 unspecified atom stereocenters. The summed E-state index contributed by atoms with van der Waals surface area (Å²) >= 11 is 5.88. The molecule has 0 amide bonds. The number of H-pyrrole nitrogens is 1. The van der Waals surface area contributed by atoms with Crippen LogP contribution in [0.15, 0.2) is 36.4 Å². The number of rotatable bonds is 5. The van der Waals surface area contributed by atoms with E-state index in [0.717, 1.165) is 17.0 Å². The number of aryl methyl sites for hydroxylation is 1. The van der Waals surface area contributed by atoms with Crippen molar-refractivity contribution in [1.29, 1.82) is 0 Å². The number of halogens is 1. The Morgan fingerprint density at radius 1 is 1.33 bits per heavy atom. The predicted molar refractivity (Wildman–Crippen MR) is 90.7 cm³/mol. The van der Waals surface area contributed by atoms with E-state index in [1.54, 1.807) is 28.9 Å². The lowest BCUT2D eigenvalue weighted by Crippen LogP contribution is -2.14. The first-order valence-electron chi connectivity index (χ1n) is 7.31. The van der Waals surface area contributed by atoms with Crippen molar-refractivity contribution in [2.45, 2.75) is 13.5 Å². The Morgan fingerprint density at radius 2 is 2.08 bits per heavy atom. The highest BCUT2D eigenvalue weighted by molar-refractivity contribution is 6.30. The Morgan fingerprint density at radius 3 is 2.75 bits per heavy atom. The fraction of sp³-hybridized carbons (Fsp3) is 0.188. The Kier molecular flexibility index (Phi) is 4.52. The van der Waals surface area contributed by atoms with E-state index in [4.69, 9.17) is 22.1 Å². The largest absolute Gasteiger partial charge is 0.459 e. The van der Waals surface area contributed by atoms with E-state index in [1.807, 2.05) is 19.1 Å². The van der Waals surface area contributed by atoms with Gasteiger partial charge in [0.05, 0.1) is 12.2 Å². The lowest BCUT2D eigenvalue weighted by molar-refractivity contribution is 0.0481. The predicted octanol–water partition coefficient (Wildman–Crippen LogP) is 2.67. The highest BCUT2D eigenvalue weighted by Crippen LogP contribution is 2.22. The van der Waals surface area contributed by atoms with Crippen LogP contribution in [0.5, 0.6) is 0 Å². The van der Waals surface area contributed by atoms with Crippen molar-refractivity contribution in [3.8, 4) is 11.3 Å². The van der Waals surface area contributed by atoms with Gasteiger partial charge in [-0.15, -0.1) is 0 Å². The number of benzene rings is 1. The summed E-state index contributed by atoms with van der Waals surface area (Å²) in [5.41, 5.74) is 8.65. The maximum atomic E-state index is 11.8. The van der Waals surface area contributed by atoms with E-state index < -0.39 is 5.97 Å². The van der Waals surface area contributed by atoms with Crippen LogP contribution in [0.1, 0.15) is 16.2 Å². The molecule has 0 saturated heterocycles. The van der Waals surface area contributed by atoms with Crippen LogP contribution in [0.3, 0.4) is 0 Å². The molecule has 0 saturated carbocycles. The van der Waals surface area contributed by atoms with Gasteiger partial charge in [-0.25, -0.2) is 9.48 Å². The van der Waals surface area contributed by atoms with Crippen molar-refractivity contribution >= 4 is 23.4 Å². The van der Waals surface area contributed by atoms with Crippen molar-refractivity contribution in [2.75, 3.05) is 12.3 Å². The molecule has 3 aromatic rings. The normalized spacial score (nSPS) is 10.8. The Bertz CT molecular complexity index is 854. The second-order valence-electron chi connectivity index (χ2n) is 5.26. The summed E-state index contributed by atoms with van der Waals surface area (Å²) < 4.78 is 6.77. The van der Waals surface area contributed by atoms with Crippen molar-refractivity contribution in [2.24, 2.45) is 0 Å². The minimum absolute atomic E-state index is 0.149. The first kappa shape index (κ1) is 16.1. The zero-order valence-corrected chi connectivity index (χ0v) is 13.7. The van der Waals surface area contributed by atoms with Crippen LogP contribution in [0.25, 0.3) is 11.3 Å². The molecule has 0 aliphatic rings. The maximum absolute atomic E-state index is 11.8. The van der Waals surface area contributed by atoms with Gasteiger partial charge >= 0.3 is 5.97 Å². The molecule has 124 valence electrons. The molecule has 3 rings (SSSR count). The van der Waals surface area contributed by atoms with Gasteiger partial charge in [0.25, 0.3) is 0 Å². The molecular formula is C16H16ClN5O2. The van der Waals surface area contributed by atoms with E-state index in [-0.39, 0.29) is 12.3 Å². The van der Waals surface area contributed by atoms with Crippen molar-refractivity contribution in [3.63, 3.8) is 0 Å². The smallest absolute Gasteiger partial charge is 0.358 e. The number of nitrogens with zero attached hydrogens (tertiary/aromatic N) is 3. The molecule has 2 aromatic heterocycles. The lowest BCUT2D eigenvalue weighted by atomic mass is 10.1. The molecule has 0 radical (unpaired) electrons. The molecule has 0 bridgehead atoms. The number of aromatic amines is 1. The molecule has 0 spiro atoms. The molecule has 1 aromatic carbocycles. The standard InChI is InChI=1S/C16H16ClN5O2/c1-10-8-14(20-19-10)16(23)24-7-6-22-15(18)9-13(21-22)11-2-4-12(17)5-3-11/h2-5,8-9H,6-7,18H2,1H3,(H,19,20). The summed E-state index contributed by atoms with van der Waals surface area (Å²) in [6.45, 7) is 2.32. The van der Waals surface area contributed by atoms with Gasteiger partial charge in [0.15, 0.2) is 5.69 Å². The monoisotopic (exact) mass is 345 g/mol. The minimum atomic E-state index is -0.483. The average molecular weight is 346 g/mol. The summed E-state index contributed by atoms with van der Waals surface area (Å²) in [7, 11) is 0. The van der Waals surface area contributed by atoms with Gasteiger partial charge in [-0.05, 0) is 25.1 Å². The molecule has 8 heteroatoms. The van der Waals surface area contributed by atoms with E-state index in [0.29, 0.717) is 17.4 Å². The third kappa shape index (κ3) is 3.57. The first-order valence-corrected chi connectivity index (χ1v) is 7.69. The van der Waals surface area contributed by atoms with E-state index in [2.05, 4.69) is 15.3 Å². The molecule has 0 atom stereocenters. The number of esters is 1. The van der Waals surface area contributed by atoms with Gasteiger partial charge in [-0.2, -0.15) is 10.2 Å². The van der Waals surface area contributed by atoms with E-state index >= 15 is 0 Å². The Labute approximate surface area is 143 Å². The fourth-order valence-electron chi connectivity index (χ4n) is 2.19. The number of aromatic nitrogens is 4. The summed E-state index contributed by atoms with van der Waals surface area (Å²) in [6.07, 6.45) is 0. The first-order chi connectivity index (χ1) is 11.5. The number of hydrogen-bond acceptors (Lipinski definition) is 5. The van der Waals surface area contributed by atoms with E-state index in [9.17, 15) is 4.79 Å². The zero-order chi connectivity index (χ0) is 17.1. The Hall–Kier alpha value is -2.80. The molecule has 2 heterocycles. The fourth-order valence-corrected chi connectivity index (χ4v) is 2.32. The number of nitrogens with two attached hydrogens (primary N) is 1. The molecule has 0 aliphatic carbocycles. The topological polar surface area (TPSA) is 98.8 Å². The third-order valence-electron chi connectivity index (χ3n) is 3.40. The quantitative estimate of drug-likeness (QED) is 0.692. The van der Waals surface area contributed by atoms with Crippen LogP contribution < -0.4 is 5.73 Å². The second kappa shape index (κ2) is 6.76. The van der Waals surface area contributed by atoms with Crippen molar-refractivity contribution < 1.29 is 9.53 Å². The van der Waals surface area contributed by atoms with Gasteiger partial charge in [-0.3, -0.25) is 5.10 Å². The van der Waals surface area contributed by atoms with Crippen molar-refractivity contribution in [3.05, 3.63) is 52.8 Å². The van der Waals surface area contributed by atoms with Crippen LogP contribution in [0, 0.1) is 6.92 Å². The van der Waals surface area contributed by atoms with Gasteiger partial charge in [0.2, 0.25) is 0 Å². The number of nitrogens with one attached hydrogen (secondary N) is 1. The SMILES string of the molecule is Cc1cc(C(=O)OCCn2nc(-c3ccc(Cl)cc3)cc2N)n[nH]1. The van der Waals surface area contributed by atoms with E-state index in [1.165, 1.54) is 0 Å². The molecule has 3 N–H and O–H groups in total. The van der Waals surface area contributed by atoms with Gasteiger partial charge in [0, 0.05) is 22.3 Å². The van der Waals surface area contributed by atoms with Crippen LogP contribution in [-0.4, -0.2) is 32.6 Å². The summed E-state index contributed by atoms with van der Waals surface area (Å²) in [5.74, 6) is 0.00890. The lowest BCUT2D eigenvalue weighted by Gasteiger charge is -2.05. The van der Waals surface area contributed by atoms with Gasteiger partial charge in [0.1, 0.15) is 12.4 Å². The van der Waals surface area contributed by atoms with Crippen LogP contribution in [-0.2, 0) is 11.3 Å². The van der Waals surface area contributed by atoms with Crippen LogP contribution in [0.2, 0.25) is 5.02 Å². The highest BCUT2D eigenvalue weighted by Gasteiger charge is 2.12. The molecule has 0 fully saturated rings. The van der Waals surface area contributed by atoms with Crippen LogP contribution >= 0.6 is 11.6 Å². The van der Waals surface area contributed by atoms with Crippen LogP contribution in [0.4, 0.5) is 5.82 Å². The van der Waals surface area contributed by atoms with Gasteiger partial charge < -0.3 is 10.5 Å². The highest BCUT2D eigenvalue weighted by atomic mass is 35.5. The molecule has 7 nitrogen and oxygen atoms in total.